The molecule has 1 aliphatic rings. The van der Waals surface area contributed by atoms with Gasteiger partial charge in [-0.15, -0.1) is 0 Å². The Morgan fingerprint density at radius 1 is 1.29 bits per heavy atom. The van der Waals surface area contributed by atoms with Crippen LogP contribution in [0.4, 0.5) is 0 Å². The van der Waals surface area contributed by atoms with E-state index in [0.717, 1.165) is 19.3 Å². The molecule has 0 unspecified atom stereocenters. The van der Waals surface area contributed by atoms with Crippen LogP contribution in [-0.2, 0) is 10.0 Å². The summed E-state index contributed by atoms with van der Waals surface area (Å²) in [4.78, 5) is 0.372. The quantitative estimate of drug-likeness (QED) is 0.877. The summed E-state index contributed by atoms with van der Waals surface area (Å²) < 4.78 is 26.5. The van der Waals surface area contributed by atoms with Crippen LogP contribution in [0.3, 0.4) is 0 Å². The molecule has 1 aliphatic carbocycles. The van der Waals surface area contributed by atoms with Gasteiger partial charge >= 0.3 is 0 Å². The van der Waals surface area contributed by atoms with Crippen molar-refractivity contribution in [2.24, 2.45) is 0 Å². The molecule has 3 nitrogen and oxygen atoms in total. The van der Waals surface area contributed by atoms with Gasteiger partial charge in [0, 0.05) is 6.04 Å². The molecule has 1 atom stereocenters. The van der Waals surface area contributed by atoms with Crippen LogP contribution in [0.2, 0.25) is 0 Å². The van der Waals surface area contributed by atoms with Gasteiger partial charge in [0.2, 0.25) is 10.0 Å². The third kappa shape index (κ3) is 3.07. The van der Waals surface area contributed by atoms with Gasteiger partial charge in [-0.3, -0.25) is 0 Å². The molecular formula is C13H19NO2S. The second kappa shape index (κ2) is 4.78. The lowest BCUT2D eigenvalue weighted by molar-refractivity contribution is 0.581. The zero-order chi connectivity index (χ0) is 12.5. The largest absolute Gasteiger partial charge is 0.240 e. The van der Waals surface area contributed by atoms with Gasteiger partial charge in [0.15, 0.2) is 0 Å². The Morgan fingerprint density at radius 2 is 1.88 bits per heavy atom. The Kier molecular flexibility index (Phi) is 3.54. The summed E-state index contributed by atoms with van der Waals surface area (Å²) in [6.45, 7) is 4.27. The van der Waals surface area contributed by atoms with E-state index in [1.807, 2.05) is 12.1 Å². The zero-order valence-electron chi connectivity index (χ0n) is 10.3. The van der Waals surface area contributed by atoms with Crippen LogP contribution in [0.5, 0.6) is 0 Å². The number of rotatable bonds is 5. The molecule has 1 aromatic carbocycles. The Bertz CT molecular complexity index is 475. The maximum absolute atomic E-state index is 11.9. The first-order chi connectivity index (χ1) is 8.03. The van der Waals surface area contributed by atoms with Gasteiger partial charge in [-0.2, -0.15) is 0 Å². The molecule has 1 saturated carbocycles. The highest BCUT2D eigenvalue weighted by molar-refractivity contribution is 7.89. The Hall–Kier alpha value is -0.870. The van der Waals surface area contributed by atoms with Crippen molar-refractivity contribution >= 4 is 10.0 Å². The number of nitrogens with one attached hydrogen (secondary N) is 1. The van der Waals surface area contributed by atoms with E-state index >= 15 is 0 Å². The van der Waals surface area contributed by atoms with Gasteiger partial charge in [0.05, 0.1) is 4.90 Å². The molecule has 0 aliphatic heterocycles. The average molecular weight is 253 g/mol. The fraction of sp³-hybridized carbons (Fsp3) is 0.538. The van der Waals surface area contributed by atoms with Crippen molar-refractivity contribution in [1.82, 2.24) is 4.72 Å². The molecule has 0 bridgehead atoms. The van der Waals surface area contributed by atoms with Crippen molar-refractivity contribution in [3.63, 3.8) is 0 Å². The molecular weight excluding hydrogens is 234 g/mol. The third-order valence-corrected chi connectivity index (χ3v) is 4.81. The Labute approximate surface area is 103 Å². The predicted octanol–water partition coefficient (Wildman–Crippen LogP) is 2.64. The normalized spacial score (nSPS) is 18.0. The molecule has 1 N–H and O–H groups in total. The van der Waals surface area contributed by atoms with Crippen molar-refractivity contribution < 1.29 is 8.42 Å². The lowest BCUT2D eigenvalue weighted by atomic mass is 9.99. The Morgan fingerprint density at radius 3 is 2.35 bits per heavy atom. The van der Waals surface area contributed by atoms with Crippen LogP contribution in [0, 0.1) is 0 Å². The molecule has 0 aromatic heterocycles. The molecule has 0 spiro atoms. The summed E-state index contributed by atoms with van der Waals surface area (Å²) >= 11 is 0. The zero-order valence-corrected chi connectivity index (χ0v) is 11.1. The second-order valence-electron chi connectivity index (χ2n) is 4.77. The van der Waals surface area contributed by atoms with E-state index in [2.05, 4.69) is 18.6 Å². The van der Waals surface area contributed by atoms with Crippen LogP contribution in [0.25, 0.3) is 0 Å². The lowest BCUT2D eigenvalue weighted by Gasteiger charge is -2.10. The van der Waals surface area contributed by atoms with E-state index in [1.165, 1.54) is 5.56 Å². The van der Waals surface area contributed by atoms with Crippen LogP contribution in [-0.4, -0.2) is 14.5 Å². The van der Waals surface area contributed by atoms with E-state index in [4.69, 9.17) is 0 Å². The van der Waals surface area contributed by atoms with E-state index in [0.29, 0.717) is 10.8 Å². The predicted molar refractivity (Wildman–Crippen MR) is 68.5 cm³/mol. The van der Waals surface area contributed by atoms with Gasteiger partial charge in [-0.1, -0.05) is 26.0 Å². The number of hydrogen-bond donors (Lipinski definition) is 1. The van der Waals surface area contributed by atoms with Gasteiger partial charge in [0.1, 0.15) is 0 Å². The molecule has 0 amide bonds. The molecule has 94 valence electrons. The molecule has 0 heterocycles. The van der Waals surface area contributed by atoms with E-state index < -0.39 is 10.0 Å². The average Bonchev–Trinajstić information content (AvgIpc) is 3.11. The molecule has 1 aromatic rings. The minimum atomic E-state index is -3.30. The van der Waals surface area contributed by atoms with Crippen LogP contribution < -0.4 is 4.72 Å². The van der Waals surface area contributed by atoms with Crippen molar-refractivity contribution in [3.8, 4) is 0 Å². The second-order valence-corrected chi connectivity index (χ2v) is 6.49. The van der Waals surface area contributed by atoms with Crippen molar-refractivity contribution in [2.75, 3.05) is 0 Å². The summed E-state index contributed by atoms with van der Waals surface area (Å²) in [5.41, 5.74) is 1.19. The highest BCUT2D eigenvalue weighted by atomic mass is 32.2. The van der Waals surface area contributed by atoms with Gasteiger partial charge in [-0.25, -0.2) is 13.1 Å². The molecule has 4 heteroatoms. The Balaban J connectivity index is 2.16. The first-order valence-corrected chi connectivity index (χ1v) is 7.63. The standard InChI is InChI=1S/C13H19NO2S/c1-3-10(2)11-4-8-13(9-5-11)17(15,16)14-12-6-7-12/h4-5,8-10,12,14H,3,6-7H2,1-2H3/t10-/m1/s1. The van der Waals surface area contributed by atoms with Crippen LogP contribution in [0.1, 0.15) is 44.6 Å². The van der Waals surface area contributed by atoms with E-state index in [-0.39, 0.29) is 6.04 Å². The molecule has 1 fully saturated rings. The van der Waals surface area contributed by atoms with Gasteiger partial charge in [0.25, 0.3) is 0 Å². The summed E-state index contributed by atoms with van der Waals surface area (Å²) in [6.07, 6.45) is 2.99. The molecule has 0 saturated heterocycles. The van der Waals surface area contributed by atoms with Crippen molar-refractivity contribution in [3.05, 3.63) is 29.8 Å². The summed E-state index contributed by atoms with van der Waals surface area (Å²) in [6, 6.07) is 7.39. The molecule has 0 radical (unpaired) electrons. The SMILES string of the molecule is CC[C@@H](C)c1ccc(S(=O)(=O)NC2CC2)cc1. The summed E-state index contributed by atoms with van der Waals surface area (Å²) in [7, 11) is -3.30. The maximum Gasteiger partial charge on any atom is 0.240 e. The highest BCUT2D eigenvalue weighted by Gasteiger charge is 2.27. The minimum Gasteiger partial charge on any atom is -0.208 e. The maximum atomic E-state index is 11.9. The van der Waals surface area contributed by atoms with E-state index in [9.17, 15) is 8.42 Å². The smallest absolute Gasteiger partial charge is 0.208 e. The number of hydrogen-bond acceptors (Lipinski definition) is 2. The highest BCUT2D eigenvalue weighted by Crippen LogP contribution is 2.24. The molecule has 2 rings (SSSR count). The lowest BCUT2D eigenvalue weighted by Crippen LogP contribution is -2.25. The molecule has 17 heavy (non-hydrogen) atoms. The van der Waals surface area contributed by atoms with Gasteiger partial charge < -0.3 is 0 Å². The fourth-order valence-corrected chi connectivity index (χ4v) is 3.00. The van der Waals surface area contributed by atoms with Crippen molar-refractivity contribution in [2.45, 2.75) is 50.0 Å². The minimum absolute atomic E-state index is 0.161. The summed E-state index contributed by atoms with van der Waals surface area (Å²) in [5, 5.41) is 0. The fourth-order valence-electron chi connectivity index (χ4n) is 1.70. The monoisotopic (exact) mass is 253 g/mol. The van der Waals surface area contributed by atoms with Gasteiger partial charge in [-0.05, 0) is 42.9 Å². The third-order valence-electron chi connectivity index (χ3n) is 3.27. The number of sulfonamides is 1. The summed E-state index contributed by atoms with van der Waals surface area (Å²) in [5.74, 6) is 0.475. The first-order valence-electron chi connectivity index (χ1n) is 6.15. The van der Waals surface area contributed by atoms with E-state index in [1.54, 1.807) is 12.1 Å². The van der Waals surface area contributed by atoms with Crippen LogP contribution >= 0.6 is 0 Å². The van der Waals surface area contributed by atoms with Crippen LogP contribution in [0.15, 0.2) is 29.2 Å². The first kappa shape index (κ1) is 12.6. The topological polar surface area (TPSA) is 46.2 Å². The van der Waals surface area contributed by atoms with Crippen molar-refractivity contribution in [1.29, 1.82) is 0 Å². The number of benzene rings is 1.